The second kappa shape index (κ2) is 7.67. The number of nitrogens with zero attached hydrogens (tertiary/aromatic N) is 3. The fourth-order valence-electron chi connectivity index (χ4n) is 3.57. The van der Waals surface area contributed by atoms with Crippen LogP contribution in [-0.4, -0.2) is 25.9 Å². The highest BCUT2D eigenvalue weighted by Crippen LogP contribution is 2.46. The second-order valence-electron chi connectivity index (χ2n) is 7.88. The van der Waals surface area contributed by atoms with Gasteiger partial charge in [-0.1, -0.05) is 60.3 Å². The zero-order chi connectivity index (χ0) is 19.8. The smallest absolute Gasteiger partial charge is 0.237 e. The fraction of sp³-hybridized carbons (Fsp3) is 0.348. The van der Waals surface area contributed by atoms with E-state index in [4.69, 9.17) is 0 Å². The van der Waals surface area contributed by atoms with Crippen LogP contribution in [0.2, 0.25) is 0 Å². The molecule has 0 bridgehead atoms. The number of benzene rings is 2. The third-order valence-electron chi connectivity index (χ3n) is 5.47. The van der Waals surface area contributed by atoms with Gasteiger partial charge in [0.2, 0.25) is 5.91 Å². The van der Waals surface area contributed by atoms with Gasteiger partial charge in [0.25, 0.3) is 0 Å². The molecule has 1 amide bonds. The Morgan fingerprint density at radius 1 is 1.03 bits per heavy atom. The molecule has 1 heterocycles. The molecule has 1 atom stereocenters. The van der Waals surface area contributed by atoms with Gasteiger partial charge < -0.3 is 9.88 Å². The van der Waals surface area contributed by atoms with E-state index in [-0.39, 0.29) is 11.2 Å². The van der Waals surface area contributed by atoms with Crippen LogP contribution in [0.15, 0.2) is 59.8 Å². The first-order valence-electron chi connectivity index (χ1n) is 10.3. The van der Waals surface area contributed by atoms with Crippen molar-refractivity contribution in [3.63, 3.8) is 0 Å². The molecule has 0 radical (unpaired) electrons. The minimum absolute atomic E-state index is 0.0169. The SMILES string of the molecule is C[C@@H](Sc1nnc(C2CC2)n1C1CC1)C(=O)Nc1ccccc1-c1ccccc1. The molecule has 0 saturated heterocycles. The molecular weight excluding hydrogens is 380 g/mol. The van der Waals surface area contributed by atoms with Crippen LogP contribution < -0.4 is 5.32 Å². The summed E-state index contributed by atoms with van der Waals surface area (Å²) >= 11 is 1.51. The first-order chi connectivity index (χ1) is 14.2. The molecule has 2 saturated carbocycles. The van der Waals surface area contributed by atoms with Gasteiger partial charge in [0, 0.05) is 23.2 Å². The van der Waals surface area contributed by atoms with Crippen LogP contribution in [0.25, 0.3) is 11.1 Å². The minimum Gasteiger partial charge on any atom is -0.325 e. The number of hydrogen-bond acceptors (Lipinski definition) is 4. The molecule has 0 aliphatic heterocycles. The van der Waals surface area contributed by atoms with E-state index in [1.165, 1.54) is 37.4 Å². The van der Waals surface area contributed by atoms with E-state index in [2.05, 4.69) is 32.2 Å². The normalized spacial score (nSPS) is 17.1. The molecule has 29 heavy (non-hydrogen) atoms. The van der Waals surface area contributed by atoms with Gasteiger partial charge in [-0.15, -0.1) is 10.2 Å². The van der Waals surface area contributed by atoms with Crippen LogP contribution in [0.4, 0.5) is 5.69 Å². The highest BCUT2D eigenvalue weighted by atomic mass is 32.2. The monoisotopic (exact) mass is 404 g/mol. The maximum absolute atomic E-state index is 13.0. The number of para-hydroxylation sites is 1. The number of nitrogens with one attached hydrogen (secondary N) is 1. The third kappa shape index (κ3) is 3.94. The van der Waals surface area contributed by atoms with Gasteiger partial charge in [0.1, 0.15) is 5.82 Å². The molecule has 2 fully saturated rings. The minimum atomic E-state index is -0.257. The Labute approximate surface area is 174 Å². The predicted octanol–water partition coefficient (Wildman–Crippen LogP) is 5.28. The number of carbonyl (C=O) groups is 1. The van der Waals surface area contributed by atoms with Crippen molar-refractivity contribution < 1.29 is 4.79 Å². The fourth-order valence-corrected chi connectivity index (χ4v) is 4.50. The maximum Gasteiger partial charge on any atom is 0.237 e. The summed E-state index contributed by atoms with van der Waals surface area (Å²) in [5.41, 5.74) is 2.94. The number of rotatable bonds is 7. The first-order valence-corrected chi connectivity index (χ1v) is 11.2. The van der Waals surface area contributed by atoms with Crippen molar-refractivity contribution in [3.8, 4) is 11.1 Å². The van der Waals surface area contributed by atoms with Gasteiger partial charge in [-0.2, -0.15) is 0 Å². The van der Waals surface area contributed by atoms with Gasteiger partial charge >= 0.3 is 0 Å². The first kappa shape index (κ1) is 18.4. The molecular formula is C23H24N4OS. The van der Waals surface area contributed by atoms with Crippen LogP contribution in [0.1, 0.15) is 50.4 Å². The van der Waals surface area contributed by atoms with Crippen LogP contribution in [0.3, 0.4) is 0 Å². The maximum atomic E-state index is 13.0. The van der Waals surface area contributed by atoms with E-state index in [0.717, 1.165) is 27.8 Å². The van der Waals surface area contributed by atoms with E-state index in [0.29, 0.717) is 12.0 Å². The lowest BCUT2D eigenvalue weighted by Gasteiger charge is -2.15. The molecule has 6 heteroatoms. The zero-order valence-corrected chi connectivity index (χ0v) is 17.2. The van der Waals surface area contributed by atoms with Crippen molar-refractivity contribution in [1.29, 1.82) is 0 Å². The molecule has 0 unspecified atom stereocenters. The molecule has 1 aromatic heterocycles. The van der Waals surface area contributed by atoms with Gasteiger partial charge in [-0.05, 0) is 44.2 Å². The van der Waals surface area contributed by atoms with Crippen molar-refractivity contribution in [2.45, 2.75) is 55.0 Å². The van der Waals surface area contributed by atoms with Gasteiger partial charge in [0.05, 0.1) is 5.25 Å². The third-order valence-corrected chi connectivity index (χ3v) is 6.52. The van der Waals surface area contributed by atoms with Gasteiger partial charge in [-0.3, -0.25) is 4.79 Å². The summed E-state index contributed by atoms with van der Waals surface area (Å²) in [5.74, 6) is 1.67. The van der Waals surface area contributed by atoms with E-state index in [1.807, 2.05) is 49.4 Å². The lowest BCUT2D eigenvalue weighted by molar-refractivity contribution is -0.115. The van der Waals surface area contributed by atoms with Crippen molar-refractivity contribution in [2.75, 3.05) is 5.32 Å². The molecule has 5 nitrogen and oxygen atoms in total. The second-order valence-corrected chi connectivity index (χ2v) is 9.19. The number of amides is 1. The summed E-state index contributed by atoms with van der Waals surface area (Å²) in [6, 6.07) is 18.6. The van der Waals surface area contributed by atoms with E-state index in [1.54, 1.807) is 0 Å². The summed E-state index contributed by atoms with van der Waals surface area (Å²) < 4.78 is 2.30. The van der Waals surface area contributed by atoms with Crippen LogP contribution in [-0.2, 0) is 4.79 Å². The lowest BCUT2D eigenvalue weighted by Crippen LogP contribution is -2.23. The molecule has 0 spiro atoms. The number of anilines is 1. The van der Waals surface area contributed by atoms with Crippen molar-refractivity contribution >= 4 is 23.4 Å². The van der Waals surface area contributed by atoms with E-state index >= 15 is 0 Å². The highest BCUT2D eigenvalue weighted by molar-refractivity contribution is 8.00. The Bertz CT molecular complexity index is 1020. The Morgan fingerprint density at radius 3 is 2.48 bits per heavy atom. The lowest BCUT2D eigenvalue weighted by atomic mass is 10.0. The van der Waals surface area contributed by atoms with E-state index < -0.39 is 0 Å². The largest absolute Gasteiger partial charge is 0.325 e. The molecule has 148 valence electrons. The average Bonchev–Trinajstić information content (AvgIpc) is 3.68. The summed E-state index contributed by atoms with van der Waals surface area (Å²) in [4.78, 5) is 13.0. The van der Waals surface area contributed by atoms with Crippen molar-refractivity contribution in [1.82, 2.24) is 14.8 Å². The van der Waals surface area contributed by atoms with Gasteiger partial charge in [0.15, 0.2) is 5.16 Å². The standard InChI is InChI=1S/C23H24N4OS/c1-15(29-23-26-25-21(17-11-12-17)27(23)18-13-14-18)22(28)24-20-10-6-5-9-19(20)16-7-3-2-4-8-16/h2-10,15,17-18H,11-14H2,1H3,(H,24,28)/t15-/m1/s1. The molecule has 1 N–H and O–H groups in total. The number of aromatic nitrogens is 3. The Kier molecular flexibility index (Phi) is 4.87. The number of thioether (sulfide) groups is 1. The molecule has 3 aromatic rings. The Balaban J connectivity index is 1.32. The van der Waals surface area contributed by atoms with Crippen molar-refractivity contribution in [2.24, 2.45) is 0 Å². The Morgan fingerprint density at radius 2 is 1.76 bits per heavy atom. The summed E-state index contributed by atoms with van der Waals surface area (Å²) in [6.07, 6.45) is 4.80. The molecule has 2 aromatic carbocycles. The molecule has 2 aliphatic rings. The molecule has 2 aliphatic carbocycles. The quantitative estimate of drug-likeness (QED) is 0.545. The Hall–Kier alpha value is -2.60. The summed E-state index contributed by atoms with van der Waals surface area (Å²) in [7, 11) is 0. The topological polar surface area (TPSA) is 59.8 Å². The predicted molar refractivity (Wildman–Crippen MR) is 116 cm³/mol. The van der Waals surface area contributed by atoms with E-state index in [9.17, 15) is 4.79 Å². The summed E-state index contributed by atoms with van der Waals surface area (Å²) in [5, 5.41) is 12.6. The molecule has 5 rings (SSSR count). The number of hydrogen-bond donors (Lipinski definition) is 1. The van der Waals surface area contributed by atoms with Crippen LogP contribution in [0.5, 0.6) is 0 Å². The van der Waals surface area contributed by atoms with Crippen LogP contribution in [0, 0.1) is 0 Å². The highest BCUT2D eigenvalue weighted by Gasteiger charge is 2.37. The van der Waals surface area contributed by atoms with Crippen molar-refractivity contribution in [3.05, 3.63) is 60.4 Å². The number of carbonyl (C=O) groups excluding carboxylic acids is 1. The van der Waals surface area contributed by atoms with Crippen LogP contribution >= 0.6 is 11.8 Å². The average molecular weight is 405 g/mol. The summed E-state index contributed by atoms with van der Waals surface area (Å²) in [6.45, 7) is 1.94. The zero-order valence-electron chi connectivity index (χ0n) is 16.4. The van der Waals surface area contributed by atoms with Gasteiger partial charge in [-0.25, -0.2) is 0 Å².